The van der Waals surface area contributed by atoms with Gasteiger partial charge in [0.05, 0.1) is 11.7 Å². The Morgan fingerprint density at radius 1 is 1.19 bits per heavy atom. The van der Waals surface area contributed by atoms with Crippen LogP contribution in [0.1, 0.15) is 11.1 Å². The first-order valence-electron chi connectivity index (χ1n) is 8.41. The Hall–Kier alpha value is -3.48. The third kappa shape index (κ3) is 3.31. The number of aromatic nitrogens is 2. The molecule has 4 aromatic rings. The van der Waals surface area contributed by atoms with E-state index in [1.807, 2.05) is 19.1 Å². The van der Waals surface area contributed by atoms with Gasteiger partial charge in [0.25, 0.3) is 0 Å². The number of carbonyl (C=O) groups is 1. The Morgan fingerprint density at radius 2 is 1.96 bits per heavy atom. The fourth-order valence-electron chi connectivity index (χ4n) is 3.01. The Bertz CT molecular complexity index is 1210. The fraction of sp³-hybridized carbons (Fsp3) is 0.150. The lowest BCUT2D eigenvalue weighted by molar-refractivity contribution is -0.121. The molecule has 4 rings (SSSR count). The molecule has 1 amide bonds. The molecule has 0 saturated heterocycles. The number of nitrogens with zero attached hydrogens (tertiary/aromatic N) is 2. The lowest BCUT2D eigenvalue weighted by atomic mass is 10.1. The number of fused-ring (bicyclic) bond motifs is 3. The smallest absolute Gasteiger partial charge is 0.347 e. The van der Waals surface area contributed by atoms with Crippen molar-refractivity contribution < 1.29 is 13.6 Å². The second kappa shape index (κ2) is 6.68. The Balaban J connectivity index is 1.62. The second-order valence-electron chi connectivity index (χ2n) is 6.36. The SMILES string of the molecule is Cc1ccc2oc(=O)c3cnn(CC(=O)NCc4ccc(F)cc4)c3c2c1. The summed E-state index contributed by atoms with van der Waals surface area (Å²) in [5, 5.41) is 8.02. The van der Waals surface area contributed by atoms with Gasteiger partial charge in [-0.1, -0.05) is 23.8 Å². The van der Waals surface area contributed by atoms with E-state index in [1.54, 1.807) is 18.2 Å². The zero-order chi connectivity index (χ0) is 19.0. The van der Waals surface area contributed by atoms with Crippen molar-refractivity contribution >= 4 is 27.8 Å². The maximum absolute atomic E-state index is 12.9. The number of hydrogen-bond acceptors (Lipinski definition) is 4. The minimum Gasteiger partial charge on any atom is -0.422 e. The largest absolute Gasteiger partial charge is 0.422 e. The quantitative estimate of drug-likeness (QED) is 0.564. The summed E-state index contributed by atoms with van der Waals surface area (Å²) in [6.07, 6.45) is 1.41. The highest BCUT2D eigenvalue weighted by Crippen LogP contribution is 2.23. The first-order chi connectivity index (χ1) is 13.0. The molecule has 0 radical (unpaired) electrons. The van der Waals surface area contributed by atoms with E-state index in [2.05, 4.69) is 10.4 Å². The summed E-state index contributed by atoms with van der Waals surface area (Å²) in [5.41, 5.74) is 2.33. The van der Waals surface area contributed by atoms with Gasteiger partial charge in [-0.3, -0.25) is 9.48 Å². The van der Waals surface area contributed by atoms with Crippen LogP contribution in [-0.4, -0.2) is 15.7 Å². The molecule has 27 heavy (non-hydrogen) atoms. The Kier molecular flexibility index (Phi) is 4.19. The molecule has 0 spiro atoms. The van der Waals surface area contributed by atoms with Gasteiger partial charge in [-0.25, -0.2) is 9.18 Å². The molecule has 2 aromatic carbocycles. The molecule has 136 valence electrons. The topological polar surface area (TPSA) is 77.1 Å². The number of hydrogen-bond donors (Lipinski definition) is 1. The van der Waals surface area contributed by atoms with Crippen molar-refractivity contribution in [2.45, 2.75) is 20.0 Å². The van der Waals surface area contributed by atoms with Crippen molar-refractivity contribution in [1.29, 1.82) is 0 Å². The zero-order valence-corrected chi connectivity index (χ0v) is 14.5. The maximum Gasteiger partial charge on any atom is 0.347 e. The number of nitrogens with one attached hydrogen (secondary N) is 1. The summed E-state index contributed by atoms with van der Waals surface area (Å²) >= 11 is 0. The van der Waals surface area contributed by atoms with E-state index in [0.29, 0.717) is 16.5 Å². The van der Waals surface area contributed by atoms with Crippen molar-refractivity contribution in [1.82, 2.24) is 15.1 Å². The van der Waals surface area contributed by atoms with Crippen molar-refractivity contribution in [2.24, 2.45) is 0 Å². The molecule has 0 atom stereocenters. The molecule has 0 aliphatic rings. The van der Waals surface area contributed by atoms with Crippen LogP contribution in [0.15, 0.2) is 57.9 Å². The summed E-state index contributed by atoms with van der Waals surface area (Å²) in [7, 11) is 0. The van der Waals surface area contributed by atoms with E-state index < -0.39 is 5.63 Å². The highest BCUT2D eigenvalue weighted by Gasteiger charge is 2.15. The van der Waals surface area contributed by atoms with E-state index in [0.717, 1.165) is 16.5 Å². The van der Waals surface area contributed by atoms with Gasteiger partial charge in [0.1, 0.15) is 23.3 Å². The third-order valence-corrected chi connectivity index (χ3v) is 4.35. The maximum atomic E-state index is 12.9. The van der Waals surface area contributed by atoms with E-state index >= 15 is 0 Å². The summed E-state index contributed by atoms with van der Waals surface area (Å²) in [6.45, 7) is 2.17. The molecule has 7 heteroatoms. The van der Waals surface area contributed by atoms with E-state index in [-0.39, 0.29) is 24.8 Å². The van der Waals surface area contributed by atoms with E-state index in [9.17, 15) is 14.0 Å². The van der Waals surface area contributed by atoms with Crippen LogP contribution in [-0.2, 0) is 17.9 Å². The van der Waals surface area contributed by atoms with Crippen LogP contribution < -0.4 is 10.9 Å². The van der Waals surface area contributed by atoms with Gasteiger partial charge in [0, 0.05) is 11.9 Å². The molecular weight excluding hydrogens is 349 g/mol. The molecule has 0 aliphatic heterocycles. The van der Waals surface area contributed by atoms with Gasteiger partial charge < -0.3 is 9.73 Å². The molecule has 0 aliphatic carbocycles. The van der Waals surface area contributed by atoms with Crippen LogP contribution in [0.3, 0.4) is 0 Å². The first-order valence-corrected chi connectivity index (χ1v) is 8.41. The summed E-state index contributed by atoms with van der Waals surface area (Å²) in [5.74, 6) is -0.590. The van der Waals surface area contributed by atoms with Crippen LogP contribution in [0.5, 0.6) is 0 Å². The molecule has 0 saturated carbocycles. The number of rotatable bonds is 4. The number of amides is 1. The van der Waals surface area contributed by atoms with E-state index in [1.165, 1.54) is 23.0 Å². The molecule has 2 aromatic heterocycles. The van der Waals surface area contributed by atoms with Crippen LogP contribution in [0.2, 0.25) is 0 Å². The van der Waals surface area contributed by atoms with Crippen LogP contribution in [0.4, 0.5) is 4.39 Å². The van der Waals surface area contributed by atoms with Gasteiger partial charge in [0.2, 0.25) is 5.91 Å². The first kappa shape index (κ1) is 17.0. The molecule has 6 nitrogen and oxygen atoms in total. The van der Waals surface area contributed by atoms with Crippen molar-refractivity contribution in [3.63, 3.8) is 0 Å². The average Bonchev–Trinajstić information content (AvgIpc) is 3.06. The average molecular weight is 365 g/mol. The van der Waals surface area contributed by atoms with Crippen molar-refractivity contribution in [2.75, 3.05) is 0 Å². The normalized spacial score (nSPS) is 11.2. The predicted octanol–water partition coefficient (Wildman–Crippen LogP) is 2.91. The third-order valence-electron chi connectivity index (χ3n) is 4.35. The van der Waals surface area contributed by atoms with Gasteiger partial charge >= 0.3 is 5.63 Å². The van der Waals surface area contributed by atoms with Crippen molar-refractivity contribution in [3.8, 4) is 0 Å². The van der Waals surface area contributed by atoms with Gasteiger partial charge in [0.15, 0.2) is 0 Å². The highest BCUT2D eigenvalue weighted by molar-refractivity contribution is 6.02. The summed E-state index contributed by atoms with van der Waals surface area (Å²) in [6, 6.07) is 11.4. The second-order valence-corrected chi connectivity index (χ2v) is 6.36. The Labute approximate surface area is 153 Å². The highest BCUT2D eigenvalue weighted by atomic mass is 19.1. The predicted molar refractivity (Wildman–Crippen MR) is 98.8 cm³/mol. The number of halogens is 1. The van der Waals surface area contributed by atoms with Gasteiger partial charge in [-0.15, -0.1) is 0 Å². The molecule has 2 heterocycles. The van der Waals surface area contributed by atoms with Crippen molar-refractivity contribution in [3.05, 3.63) is 76.0 Å². The van der Waals surface area contributed by atoms with E-state index in [4.69, 9.17) is 4.42 Å². The summed E-state index contributed by atoms with van der Waals surface area (Å²) < 4.78 is 19.8. The number of carbonyl (C=O) groups excluding carboxylic acids is 1. The Morgan fingerprint density at radius 3 is 2.74 bits per heavy atom. The fourth-order valence-corrected chi connectivity index (χ4v) is 3.01. The van der Waals surface area contributed by atoms with Crippen LogP contribution in [0, 0.1) is 12.7 Å². The minimum absolute atomic E-state index is 0.0445. The van der Waals surface area contributed by atoms with Gasteiger partial charge in [-0.2, -0.15) is 5.10 Å². The number of benzene rings is 2. The molecule has 0 fully saturated rings. The monoisotopic (exact) mass is 365 g/mol. The zero-order valence-electron chi connectivity index (χ0n) is 14.5. The lowest BCUT2D eigenvalue weighted by Crippen LogP contribution is -2.27. The number of aryl methyl sites for hydroxylation is 1. The summed E-state index contributed by atoms with van der Waals surface area (Å²) in [4.78, 5) is 24.5. The lowest BCUT2D eigenvalue weighted by Gasteiger charge is -2.08. The van der Waals surface area contributed by atoms with Crippen LogP contribution >= 0.6 is 0 Å². The molecule has 1 N–H and O–H groups in total. The van der Waals surface area contributed by atoms with Crippen LogP contribution in [0.25, 0.3) is 21.9 Å². The minimum atomic E-state index is -0.487. The standard InChI is InChI=1S/C20H16FN3O3/c1-12-2-7-17-15(8-12)19-16(20(26)27-17)10-23-24(19)11-18(25)22-9-13-3-5-14(21)6-4-13/h2-8,10H,9,11H2,1H3,(H,22,25). The molecule has 0 unspecified atom stereocenters. The molecule has 0 bridgehead atoms. The van der Waals surface area contributed by atoms with Gasteiger partial charge in [-0.05, 0) is 36.8 Å². The molecular formula is C20H16FN3O3.